The molecule has 0 saturated carbocycles. The van der Waals surface area contributed by atoms with Gasteiger partial charge in [0, 0.05) is 0 Å². The Kier molecular flexibility index (Phi) is 6.87. The third-order valence-corrected chi connectivity index (χ3v) is 8.40. The molecule has 1 saturated heterocycles. The zero-order chi connectivity index (χ0) is 28.6. The van der Waals surface area contributed by atoms with E-state index in [1.165, 1.54) is 0 Å². The molecule has 0 bridgehead atoms. The van der Waals surface area contributed by atoms with Crippen LogP contribution in [0.25, 0.3) is 44.5 Å². The molecule has 0 aromatic heterocycles. The van der Waals surface area contributed by atoms with E-state index in [9.17, 15) is 5.26 Å². The maximum atomic E-state index is 10.5. The Hall–Kier alpha value is -4.43. The van der Waals surface area contributed by atoms with Gasteiger partial charge in [0.05, 0.1) is 16.8 Å². The van der Waals surface area contributed by atoms with E-state index < -0.39 is 18.3 Å². The van der Waals surface area contributed by atoms with Crippen molar-refractivity contribution in [3.05, 3.63) is 127 Å². The number of rotatable bonds is 5. The monoisotopic (exact) mass is 533 g/mol. The summed E-state index contributed by atoms with van der Waals surface area (Å²) in [6, 6.07) is 44.1. The van der Waals surface area contributed by atoms with Crippen molar-refractivity contribution in [1.82, 2.24) is 0 Å². The van der Waals surface area contributed by atoms with E-state index in [0.717, 1.165) is 50.0 Å². The Bertz CT molecular complexity index is 1600. The smallest absolute Gasteiger partial charge is 0.399 e. The Morgan fingerprint density at radius 2 is 0.854 bits per heavy atom. The van der Waals surface area contributed by atoms with Crippen LogP contribution in [0, 0.1) is 11.3 Å². The van der Waals surface area contributed by atoms with E-state index in [1.807, 2.05) is 36.4 Å². The van der Waals surface area contributed by atoms with E-state index >= 15 is 0 Å². The molecule has 0 unspecified atom stereocenters. The Balaban J connectivity index is 1.48. The van der Waals surface area contributed by atoms with Gasteiger partial charge in [-0.15, -0.1) is 0 Å². The van der Waals surface area contributed by atoms with Gasteiger partial charge in [-0.1, -0.05) is 121 Å². The minimum Gasteiger partial charge on any atom is -0.399 e. The predicted molar refractivity (Wildman–Crippen MR) is 169 cm³/mol. The molecule has 0 N–H and O–H groups in total. The molecule has 0 radical (unpaired) electrons. The SMILES string of the molecule is CC1(C)OB(c2cc(-c3ccc(-c4ccccc4)cc3)c(C#N)c(-c3ccc(-c4ccccc4)cc3)c2)OC1(C)C. The highest BCUT2D eigenvalue weighted by Gasteiger charge is 2.52. The lowest BCUT2D eigenvalue weighted by Crippen LogP contribution is -2.41. The molecule has 0 amide bonds. The molecule has 0 aliphatic carbocycles. The van der Waals surface area contributed by atoms with Gasteiger partial charge in [-0.3, -0.25) is 0 Å². The second kappa shape index (κ2) is 10.5. The molecule has 0 spiro atoms. The van der Waals surface area contributed by atoms with Gasteiger partial charge >= 0.3 is 7.12 Å². The van der Waals surface area contributed by atoms with Crippen LogP contribution in [0.4, 0.5) is 0 Å². The number of nitrogens with zero attached hydrogens (tertiary/aromatic N) is 1. The first kappa shape index (κ1) is 26.8. The standard InChI is InChI=1S/C37H32BNO2/c1-36(2)37(3,4)41-38(40-36)32-23-33(30-19-15-28(16-20-30)26-11-7-5-8-12-26)35(25-39)34(24-32)31-21-17-29(18-22-31)27-13-9-6-10-14-27/h5-24H,1-4H3. The largest absolute Gasteiger partial charge is 0.494 e. The molecule has 3 nitrogen and oxygen atoms in total. The fourth-order valence-corrected chi connectivity index (χ4v) is 5.30. The van der Waals surface area contributed by atoms with E-state index in [-0.39, 0.29) is 0 Å². The van der Waals surface area contributed by atoms with Crippen LogP contribution in [-0.2, 0) is 9.31 Å². The molecule has 5 aromatic carbocycles. The summed E-state index contributed by atoms with van der Waals surface area (Å²) in [4.78, 5) is 0. The molecule has 41 heavy (non-hydrogen) atoms. The summed E-state index contributed by atoms with van der Waals surface area (Å²) in [6.45, 7) is 8.23. The third kappa shape index (κ3) is 5.11. The Morgan fingerprint density at radius 1 is 0.512 bits per heavy atom. The van der Waals surface area contributed by atoms with Crippen molar-refractivity contribution in [2.45, 2.75) is 38.9 Å². The van der Waals surface area contributed by atoms with Crippen molar-refractivity contribution < 1.29 is 9.31 Å². The first-order valence-electron chi connectivity index (χ1n) is 14.0. The average Bonchev–Trinajstić information content (AvgIpc) is 3.23. The first-order chi connectivity index (χ1) is 19.8. The van der Waals surface area contributed by atoms with Gasteiger partial charge in [0.15, 0.2) is 0 Å². The highest BCUT2D eigenvalue weighted by atomic mass is 16.7. The lowest BCUT2D eigenvalue weighted by Gasteiger charge is -2.32. The van der Waals surface area contributed by atoms with Gasteiger partial charge in [0.1, 0.15) is 6.07 Å². The van der Waals surface area contributed by atoms with Gasteiger partial charge in [-0.25, -0.2) is 0 Å². The second-order valence-corrected chi connectivity index (χ2v) is 11.6. The normalized spacial score (nSPS) is 15.4. The fourth-order valence-electron chi connectivity index (χ4n) is 5.30. The lowest BCUT2D eigenvalue weighted by atomic mass is 9.75. The van der Waals surface area contributed by atoms with Gasteiger partial charge in [0.2, 0.25) is 0 Å². The Labute approximate surface area is 243 Å². The molecule has 200 valence electrons. The third-order valence-electron chi connectivity index (χ3n) is 8.40. The van der Waals surface area contributed by atoms with Crippen LogP contribution in [0.15, 0.2) is 121 Å². The minimum absolute atomic E-state index is 0.472. The maximum Gasteiger partial charge on any atom is 0.494 e. The molecule has 5 aromatic rings. The first-order valence-corrected chi connectivity index (χ1v) is 14.0. The summed E-state index contributed by atoms with van der Waals surface area (Å²) in [5.41, 5.74) is 8.83. The lowest BCUT2D eigenvalue weighted by molar-refractivity contribution is 0.00578. The zero-order valence-electron chi connectivity index (χ0n) is 23.9. The van der Waals surface area contributed by atoms with Crippen molar-refractivity contribution in [3.63, 3.8) is 0 Å². The zero-order valence-corrected chi connectivity index (χ0v) is 23.9. The van der Waals surface area contributed by atoms with Crippen molar-refractivity contribution in [2.24, 2.45) is 0 Å². The molecule has 4 heteroatoms. The number of benzene rings is 5. The summed E-state index contributed by atoms with van der Waals surface area (Å²) in [6.07, 6.45) is 0. The molecule has 1 fully saturated rings. The number of hydrogen-bond acceptors (Lipinski definition) is 3. The van der Waals surface area contributed by atoms with Crippen molar-refractivity contribution in [1.29, 1.82) is 5.26 Å². The summed E-state index contributed by atoms with van der Waals surface area (Å²) < 4.78 is 12.9. The summed E-state index contributed by atoms with van der Waals surface area (Å²) in [7, 11) is -0.544. The quantitative estimate of drug-likeness (QED) is 0.213. The maximum absolute atomic E-state index is 10.5. The van der Waals surface area contributed by atoms with Gasteiger partial charge < -0.3 is 9.31 Å². The highest BCUT2D eigenvalue weighted by Crippen LogP contribution is 2.39. The van der Waals surface area contributed by atoms with Crippen molar-refractivity contribution >= 4 is 12.6 Å². The predicted octanol–water partition coefficient (Wildman–Crippen LogP) is 8.53. The van der Waals surface area contributed by atoms with Crippen molar-refractivity contribution in [2.75, 3.05) is 0 Å². The van der Waals surface area contributed by atoms with Crippen LogP contribution in [0.2, 0.25) is 0 Å². The van der Waals surface area contributed by atoms with Crippen LogP contribution in [0.3, 0.4) is 0 Å². The van der Waals surface area contributed by atoms with E-state index in [1.54, 1.807) is 0 Å². The van der Waals surface area contributed by atoms with Crippen molar-refractivity contribution in [3.8, 4) is 50.6 Å². The minimum atomic E-state index is -0.544. The molecule has 0 atom stereocenters. The summed E-state index contributed by atoms with van der Waals surface area (Å²) in [5.74, 6) is 0. The van der Waals surface area contributed by atoms with E-state index in [2.05, 4.69) is 119 Å². The molecule has 1 heterocycles. The van der Waals surface area contributed by atoms with Gasteiger partial charge in [-0.05, 0) is 77.7 Å². The van der Waals surface area contributed by atoms with Crippen LogP contribution >= 0.6 is 0 Å². The molecule has 1 aliphatic heterocycles. The fraction of sp³-hybridized carbons (Fsp3) is 0.162. The van der Waals surface area contributed by atoms with Gasteiger partial charge in [-0.2, -0.15) is 5.26 Å². The molecular formula is C37H32BNO2. The van der Waals surface area contributed by atoms with Crippen LogP contribution < -0.4 is 5.46 Å². The number of nitriles is 1. The number of hydrogen-bond donors (Lipinski definition) is 0. The highest BCUT2D eigenvalue weighted by molar-refractivity contribution is 6.62. The molecule has 6 rings (SSSR count). The van der Waals surface area contributed by atoms with Crippen LogP contribution in [0.5, 0.6) is 0 Å². The second-order valence-electron chi connectivity index (χ2n) is 11.6. The van der Waals surface area contributed by atoms with E-state index in [0.29, 0.717) is 5.56 Å². The van der Waals surface area contributed by atoms with Crippen LogP contribution in [0.1, 0.15) is 33.3 Å². The van der Waals surface area contributed by atoms with Crippen LogP contribution in [-0.4, -0.2) is 18.3 Å². The summed E-state index contributed by atoms with van der Waals surface area (Å²) in [5, 5.41) is 10.5. The topological polar surface area (TPSA) is 42.2 Å². The van der Waals surface area contributed by atoms with E-state index in [4.69, 9.17) is 9.31 Å². The molecule has 1 aliphatic rings. The average molecular weight is 533 g/mol. The Morgan fingerprint density at radius 3 is 1.22 bits per heavy atom. The molecular weight excluding hydrogens is 501 g/mol. The van der Waals surface area contributed by atoms with Gasteiger partial charge in [0.25, 0.3) is 0 Å². The summed E-state index contributed by atoms with van der Waals surface area (Å²) >= 11 is 0.